The van der Waals surface area contributed by atoms with Crippen LogP contribution in [0.15, 0.2) is 46.9 Å². The van der Waals surface area contributed by atoms with E-state index in [1.165, 1.54) is 6.07 Å². The van der Waals surface area contributed by atoms with Gasteiger partial charge in [0, 0.05) is 10.0 Å². The molecule has 0 saturated heterocycles. The molecule has 0 amide bonds. The second-order valence-electron chi connectivity index (χ2n) is 3.84. The van der Waals surface area contributed by atoms with Crippen molar-refractivity contribution >= 4 is 15.9 Å². The number of aliphatic hydroxyl groups is 1. The Kier molecular flexibility index (Phi) is 3.99. The smallest absolute Gasteiger partial charge is 0.129 e. The Bertz CT molecular complexity index is 557. The van der Waals surface area contributed by atoms with Crippen molar-refractivity contribution in [2.75, 3.05) is 7.11 Å². The summed E-state index contributed by atoms with van der Waals surface area (Å²) in [5.74, 6) is 0.190. The van der Waals surface area contributed by atoms with Crippen LogP contribution in [0.25, 0.3) is 0 Å². The zero-order valence-electron chi connectivity index (χ0n) is 9.73. The summed E-state index contributed by atoms with van der Waals surface area (Å²) >= 11 is 3.26. The lowest BCUT2D eigenvalue weighted by molar-refractivity contribution is 0.214. The molecule has 2 aromatic rings. The van der Waals surface area contributed by atoms with E-state index in [0.717, 1.165) is 4.47 Å². The molecule has 0 fully saturated rings. The molecule has 0 spiro atoms. The Labute approximate surface area is 113 Å². The standard InChI is InChI=1S/C14H12BrFO2/c1-18-11-4-2-3-9(7-11)14(17)12-8-10(15)5-6-13(12)16/h2-8,14,17H,1H3. The molecule has 0 aliphatic carbocycles. The van der Waals surface area contributed by atoms with Gasteiger partial charge in [0.1, 0.15) is 17.7 Å². The van der Waals surface area contributed by atoms with Gasteiger partial charge in [-0.3, -0.25) is 0 Å². The van der Waals surface area contributed by atoms with Gasteiger partial charge in [-0.25, -0.2) is 4.39 Å². The van der Waals surface area contributed by atoms with Crippen LogP contribution in [0.3, 0.4) is 0 Å². The highest BCUT2D eigenvalue weighted by Crippen LogP contribution is 2.28. The van der Waals surface area contributed by atoms with Crippen LogP contribution in [0.2, 0.25) is 0 Å². The highest BCUT2D eigenvalue weighted by atomic mass is 79.9. The average Bonchev–Trinajstić information content (AvgIpc) is 2.41. The maximum absolute atomic E-state index is 13.7. The third kappa shape index (κ3) is 2.71. The van der Waals surface area contributed by atoms with Gasteiger partial charge < -0.3 is 9.84 Å². The van der Waals surface area contributed by atoms with Gasteiger partial charge >= 0.3 is 0 Å². The van der Waals surface area contributed by atoms with Crippen molar-refractivity contribution in [3.63, 3.8) is 0 Å². The van der Waals surface area contributed by atoms with Crippen LogP contribution in [-0.4, -0.2) is 12.2 Å². The van der Waals surface area contributed by atoms with Crippen LogP contribution in [0, 0.1) is 5.82 Å². The summed E-state index contributed by atoms with van der Waals surface area (Å²) in [6.45, 7) is 0. The lowest BCUT2D eigenvalue weighted by Gasteiger charge is -2.13. The zero-order chi connectivity index (χ0) is 13.1. The summed E-state index contributed by atoms with van der Waals surface area (Å²) in [5.41, 5.74) is 0.823. The van der Waals surface area contributed by atoms with Crippen LogP contribution in [0.4, 0.5) is 4.39 Å². The SMILES string of the molecule is COc1cccc(C(O)c2cc(Br)ccc2F)c1. The quantitative estimate of drug-likeness (QED) is 0.937. The third-order valence-corrected chi connectivity index (χ3v) is 3.16. The van der Waals surface area contributed by atoms with Gasteiger partial charge in [0.15, 0.2) is 0 Å². The van der Waals surface area contributed by atoms with E-state index in [1.54, 1.807) is 43.5 Å². The molecule has 2 aromatic carbocycles. The summed E-state index contributed by atoms with van der Waals surface area (Å²) in [6, 6.07) is 11.4. The molecule has 2 nitrogen and oxygen atoms in total. The summed E-state index contributed by atoms with van der Waals surface area (Å²) in [5, 5.41) is 10.2. The number of halogens is 2. The molecule has 2 rings (SSSR count). The molecule has 0 saturated carbocycles. The van der Waals surface area contributed by atoms with E-state index in [2.05, 4.69) is 15.9 Å². The second kappa shape index (κ2) is 5.50. The van der Waals surface area contributed by atoms with Crippen molar-refractivity contribution in [2.24, 2.45) is 0 Å². The molecule has 0 heterocycles. The number of ether oxygens (including phenoxy) is 1. The lowest BCUT2D eigenvalue weighted by atomic mass is 10.0. The molecule has 4 heteroatoms. The number of benzene rings is 2. The molecule has 1 N–H and O–H groups in total. The van der Waals surface area contributed by atoms with Crippen LogP contribution in [-0.2, 0) is 0 Å². The number of hydrogen-bond donors (Lipinski definition) is 1. The molecule has 0 aromatic heterocycles. The van der Waals surface area contributed by atoms with Gasteiger partial charge in [-0.2, -0.15) is 0 Å². The van der Waals surface area contributed by atoms with E-state index < -0.39 is 11.9 Å². The van der Waals surface area contributed by atoms with Crippen LogP contribution in [0.5, 0.6) is 5.75 Å². The Morgan fingerprint density at radius 1 is 1.22 bits per heavy atom. The topological polar surface area (TPSA) is 29.5 Å². The first-order chi connectivity index (χ1) is 8.61. The molecule has 1 atom stereocenters. The predicted molar refractivity (Wildman–Crippen MR) is 71.2 cm³/mol. The maximum atomic E-state index is 13.7. The molecule has 0 aliphatic heterocycles. The van der Waals surface area contributed by atoms with Crippen molar-refractivity contribution < 1.29 is 14.2 Å². The fraction of sp³-hybridized carbons (Fsp3) is 0.143. The van der Waals surface area contributed by atoms with E-state index >= 15 is 0 Å². The number of aliphatic hydroxyl groups excluding tert-OH is 1. The van der Waals surface area contributed by atoms with E-state index in [4.69, 9.17) is 4.74 Å². The van der Waals surface area contributed by atoms with Crippen LogP contribution >= 0.6 is 15.9 Å². The van der Waals surface area contributed by atoms with E-state index in [9.17, 15) is 9.50 Å². The molecule has 18 heavy (non-hydrogen) atoms. The molecule has 0 bridgehead atoms. The van der Waals surface area contributed by atoms with Gasteiger partial charge in [-0.15, -0.1) is 0 Å². The largest absolute Gasteiger partial charge is 0.497 e. The molecule has 0 radical (unpaired) electrons. The molecular weight excluding hydrogens is 299 g/mol. The van der Waals surface area contributed by atoms with Gasteiger partial charge in [-0.05, 0) is 35.9 Å². The van der Waals surface area contributed by atoms with Crippen molar-refractivity contribution in [1.29, 1.82) is 0 Å². The molecule has 0 aliphatic rings. The van der Waals surface area contributed by atoms with E-state index in [0.29, 0.717) is 11.3 Å². The Morgan fingerprint density at radius 3 is 2.72 bits per heavy atom. The van der Waals surface area contributed by atoms with Crippen molar-refractivity contribution in [3.8, 4) is 5.75 Å². The fourth-order valence-corrected chi connectivity index (χ4v) is 2.09. The number of hydrogen-bond acceptors (Lipinski definition) is 2. The Balaban J connectivity index is 2.40. The highest BCUT2D eigenvalue weighted by molar-refractivity contribution is 9.10. The first kappa shape index (κ1) is 13.1. The van der Waals surface area contributed by atoms with Crippen LogP contribution in [0.1, 0.15) is 17.2 Å². The number of methoxy groups -OCH3 is 1. The normalized spacial score (nSPS) is 12.2. The molecule has 94 valence electrons. The summed E-state index contributed by atoms with van der Waals surface area (Å²) in [6.07, 6.45) is -1.02. The predicted octanol–water partition coefficient (Wildman–Crippen LogP) is 3.68. The van der Waals surface area contributed by atoms with Gasteiger partial charge in [0.05, 0.1) is 7.11 Å². The van der Waals surface area contributed by atoms with Crippen LogP contribution < -0.4 is 4.74 Å². The molecule has 1 unspecified atom stereocenters. The van der Waals surface area contributed by atoms with Crippen molar-refractivity contribution in [3.05, 3.63) is 63.9 Å². The summed E-state index contributed by atoms with van der Waals surface area (Å²) in [4.78, 5) is 0. The second-order valence-corrected chi connectivity index (χ2v) is 4.76. The van der Waals surface area contributed by atoms with Gasteiger partial charge in [0.25, 0.3) is 0 Å². The third-order valence-electron chi connectivity index (χ3n) is 2.66. The van der Waals surface area contributed by atoms with Crippen molar-refractivity contribution in [2.45, 2.75) is 6.10 Å². The average molecular weight is 311 g/mol. The minimum atomic E-state index is -1.02. The van der Waals surface area contributed by atoms with E-state index in [-0.39, 0.29) is 5.56 Å². The van der Waals surface area contributed by atoms with Gasteiger partial charge in [0.2, 0.25) is 0 Å². The Morgan fingerprint density at radius 2 is 2.00 bits per heavy atom. The van der Waals surface area contributed by atoms with E-state index in [1.807, 2.05) is 0 Å². The minimum Gasteiger partial charge on any atom is -0.497 e. The molecular formula is C14H12BrFO2. The maximum Gasteiger partial charge on any atom is 0.129 e. The first-order valence-electron chi connectivity index (χ1n) is 5.39. The summed E-state index contributed by atoms with van der Waals surface area (Å²) < 4.78 is 19.5. The monoisotopic (exact) mass is 310 g/mol. The number of rotatable bonds is 3. The first-order valence-corrected chi connectivity index (χ1v) is 6.18. The van der Waals surface area contributed by atoms with Gasteiger partial charge in [-0.1, -0.05) is 28.1 Å². The van der Waals surface area contributed by atoms with Crippen molar-refractivity contribution in [1.82, 2.24) is 0 Å². The Hall–Kier alpha value is -1.39. The zero-order valence-corrected chi connectivity index (χ0v) is 11.3. The highest BCUT2D eigenvalue weighted by Gasteiger charge is 2.15. The fourth-order valence-electron chi connectivity index (χ4n) is 1.72. The minimum absolute atomic E-state index is 0.234. The summed E-state index contributed by atoms with van der Waals surface area (Å²) in [7, 11) is 1.55. The lowest BCUT2D eigenvalue weighted by Crippen LogP contribution is -2.03.